The highest BCUT2D eigenvalue weighted by atomic mass is 35.5. The van der Waals surface area contributed by atoms with Gasteiger partial charge in [0, 0.05) is 13.2 Å². The first-order chi connectivity index (χ1) is 12.8. The number of halogens is 1. The van der Waals surface area contributed by atoms with E-state index in [0.29, 0.717) is 13.2 Å². The van der Waals surface area contributed by atoms with E-state index in [1.807, 2.05) is 0 Å². The molecule has 152 valence electrons. The summed E-state index contributed by atoms with van der Waals surface area (Å²) in [4.78, 5) is 23.6. The number of anilines is 2. The number of nitrogens with one attached hydrogen (secondary N) is 1. The third-order valence-corrected chi connectivity index (χ3v) is 3.64. The first-order valence-corrected chi connectivity index (χ1v) is 8.79. The predicted molar refractivity (Wildman–Crippen MR) is 102 cm³/mol. The van der Waals surface area contributed by atoms with Gasteiger partial charge in [0.15, 0.2) is 28.4 Å². The zero-order valence-corrected chi connectivity index (χ0v) is 15.7. The third kappa shape index (κ3) is 8.82. The fraction of sp³-hybridized carbons (Fsp3) is 0.600. The van der Waals surface area contributed by atoms with Crippen molar-refractivity contribution in [3.63, 3.8) is 0 Å². The van der Waals surface area contributed by atoms with E-state index in [9.17, 15) is 4.79 Å². The van der Waals surface area contributed by atoms with Gasteiger partial charge in [-0.05, 0) is 12.8 Å². The van der Waals surface area contributed by atoms with Gasteiger partial charge in [-0.15, -0.1) is 0 Å². The normalized spacial score (nSPS) is 12.8. The molecule has 9 N–H and O–H groups in total. The average Bonchev–Trinajstić information content (AvgIpc) is 2.62. The van der Waals surface area contributed by atoms with E-state index in [-0.39, 0.29) is 41.7 Å². The summed E-state index contributed by atoms with van der Waals surface area (Å²) < 4.78 is 5.20. The van der Waals surface area contributed by atoms with Crippen LogP contribution < -0.4 is 22.5 Å². The van der Waals surface area contributed by atoms with Crippen LogP contribution in [0, 0.1) is 0 Å². The Balaban J connectivity index is 2.24. The number of ether oxygens (including phenoxy) is 1. The van der Waals surface area contributed by atoms with Crippen molar-refractivity contribution in [1.29, 1.82) is 0 Å². The summed E-state index contributed by atoms with van der Waals surface area (Å²) >= 11 is 5.72. The third-order valence-electron chi connectivity index (χ3n) is 3.36. The lowest BCUT2D eigenvalue weighted by molar-refractivity contribution is 0.00527. The number of hydrogen-bond acceptors (Lipinski definition) is 9. The second-order valence-corrected chi connectivity index (χ2v) is 6.04. The molecular weight excluding hydrogens is 378 g/mol. The number of unbranched alkanes of at least 4 members (excludes halogenated alkanes) is 3. The van der Waals surface area contributed by atoms with E-state index in [4.69, 9.17) is 43.8 Å². The van der Waals surface area contributed by atoms with Gasteiger partial charge in [0.2, 0.25) is 0 Å². The summed E-state index contributed by atoms with van der Waals surface area (Å²) in [5.41, 5.74) is 16.5. The van der Waals surface area contributed by atoms with Crippen molar-refractivity contribution in [1.82, 2.24) is 15.3 Å². The first kappa shape index (κ1) is 22.8. The van der Waals surface area contributed by atoms with Gasteiger partial charge >= 0.3 is 0 Å². The van der Waals surface area contributed by atoms with Crippen molar-refractivity contribution in [2.24, 2.45) is 10.7 Å². The van der Waals surface area contributed by atoms with E-state index >= 15 is 0 Å². The quantitative estimate of drug-likeness (QED) is 0.157. The highest BCUT2D eigenvalue weighted by Crippen LogP contribution is 2.17. The molecule has 27 heavy (non-hydrogen) atoms. The van der Waals surface area contributed by atoms with Crippen LogP contribution in [-0.4, -0.2) is 64.5 Å². The number of aliphatic hydroxyl groups is 2. The molecule has 0 fully saturated rings. The number of guanidine groups is 1. The van der Waals surface area contributed by atoms with Crippen molar-refractivity contribution in [2.75, 3.05) is 37.8 Å². The van der Waals surface area contributed by atoms with Gasteiger partial charge in [-0.1, -0.05) is 24.4 Å². The Morgan fingerprint density at radius 1 is 1.22 bits per heavy atom. The number of aromatic nitrogens is 2. The van der Waals surface area contributed by atoms with E-state index in [1.165, 1.54) is 0 Å². The summed E-state index contributed by atoms with van der Waals surface area (Å²) in [6, 6.07) is 0. The van der Waals surface area contributed by atoms with Gasteiger partial charge in [0.25, 0.3) is 5.91 Å². The van der Waals surface area contributed by atoms with Crippen LogP contribution in [0.25, 0.3) is 0 Å². The molecule has 0 aliphatic rings. The molecule has 1 amide bonds. The lowest BCUT2D eigenvalue weighted by Gasteiger charge is -2.08. The molecule has 0 saturated carbocycles. The molecule has 0 aromatic carbocycles. The number of rotatable bonds is 11. The smallest absolute Gasteiger partial charge is 0.280 e. The molecule has 12 heteroatoms. The molecule has 0 aliphatic carbocycles. The lowest BCUT2D eigenvalue weighted by atomic mass is 10.2. The Labute approximate surface area is 162 Å². The van der Waals surface area contributed by atoms with Crippen LogP contribution in [0.3, 0.4) is 0 Å². The molecule has 0 bridgehead atoms. The Morgan fingerprint density at radius 2 is 1.93 bits per heavy atom. The number of carbonyl (C=O) groups excluding carboxylic acids is 1. The van der Waals surface area contributed by atoms with Gasteiger partial charge in [0.1, 0.15) is 6.10 Å². The van der Waals surface area contributed by atoms with Gasteiger partial charge in [-0.25, -0.2) is 9.97 Å². The summed E-state index contributed by atoms with van der Waals surface area (Å²) in [5.74, 6) is -0.959. The van der Waals surface area contributed by atoms with E-state index in [2.05, 4.69) is 20.3 Å². The monoisotopic (exact) mass is 403 g/mol. The second-order valence-electron chi connectivity index (χ2n) is 5.68. The highest BCUT2D eigenvalue weighted by Gasteiger charge is 2.16. The largest absolute Gasteiger partial charge is 0.394 e. The van der Waals surface area contributed by atoms with Crippen LogP contribution in [-0.2, 0) is 4.74 Å². The number of hydrogen-bond donors (Lipinski definition) is 6. The maximum Gasteiger partial charge on any atom is 0.280 e. The van der Waals surface area contributed by atoms with Crippen LogP contribution in [0.2, 0.25) is 5.15 Å². The fourth-order valence-electron chi connectivity index (χ4n) is 1.96. The van der Waals surface area contributed by atoms with Crippen molar-refractivity contribution in [3.8, 4) is 0 Å². The zero-order chi connectivity index (χ0) is 20.2. The highest BCUT2D eigenvalue weighted by molar-refractivity contribution is 6.31. The van der Waals surface area contributed by atoms with E-state index in [0.717, 1.165) is 25.7 Å². The number of nitrogens with zero attached hydrogens (tertiary/aromatic N) is 3. The minimum Gasteiger partial charge on any atom is -0.394 e. The zero-order valence-electron chi connectivity index (χ0n) is 14.9. The summed E-state index contributed by atoms with van der Waals surface area (Å²) in [6.45, 7) is 0.788. The minimum absolute atomic E-state index is 0.0597. The van der Waals surface area contributed by atoms with Crippen LogP contribution in [0.4, 0.5) is 11.6 Å². The SMILES string of the molecule is NC(=NCCCCCCOC[C@H](O)CO)NC(=O)c1nc(Cl)c(N)nc1N. The summed E-state index contributed by atoms with van der Waals surface area (Å²) in [6.07, 6.45) is 2.62. The molecule has 0 spiro atoms. The molecule has 0 radical (unpaired) electrons. The molecule has 0 aliphatic heterocycles. The van der Waals surface area contributed by atoms with E-state index in [1.54, 1.807) is 0 Å². The molecule has 1 heterocycles. The number of nitrogen functional groups attached to an aromatic ring is 2. The second kappa shape index (κ2) is 12.2. The van der Waals surface area contributed by atoms with Crippen LogP contribution in [0.15, 0.2) is 4.99 Å². The van der Waals surface area contributed by atoms with Crippen molar-refractivity contribution in [3.05, 3.63) is 10.8 Å². The van der Waals surface area contributed by atoms with Crippen LogP contribution >= 0.6 is 11.6 Å². The molecule has 0 unspecified atom stereocenters. The summed E-state index contributed by atoms with van der Waals surface area (Å²) in [5, 5.41) is 20.0. The van der Waals surface area contributed by atoms with Gasteiger partial charge in [-0.3, -0.25) is 15.1 Å². The number of aliphatic hydroxyl groups excluding tert-OH is 2. The summed E-state index contributed by atoms with van der Waals surface area (Å²) in [7, 11) is 0. The predicted octanol–water partition coefficient (Wildman–Crippen LogP) is -0.731. The van der Waals surface area contributed by atoms with Crippen LogP contribution in [0.1, 0.15) is 36.2 Å². The van der Waals surface area contributed by atoms with Crippen molar-refractivity contribution in [2.45, 2.75) is 31.8 Å². The van der Waals surface area contributed by atoms with Gasteiger partial charge in [0.05, 0.1) is 13.2 Å². The Morgan fingerprint density at radius 3 is 2.63 bits per heavy atom. The molecule has 1 rings (SSSR count). The topological polar surface area (TPSA) is 195 Å². The lowest BCUT2D eigenvalue weighted by Crippen LogP contribution is -2.38. The van der Waals surface area contributed by atoms with Gasteiger partial charge < -0.3 is 32.2 Å². The molecule has 11 nitrogen and oxygen atoms in total. The Hall–Kier alpha value is -2.21. The number of carbonyl (C=O) groups is 1. The number of aliphatic imine (C=N–C) groups is 1. The molecule has 1 aromatic heterocycles. The molecule has 0 saturated heterocycles. The maximum atomic E-state index is 12.0. The molecule has 1 aromatic rings. The van der Waals surface area contributed by atoms with E-state index < -0.39 is 12.0 Å². The number of nitrogens with two attached hydrogens (primary N) is 3. The fourth-order valence-corrected chi connectivity index (χ4v) is 2.09. The standard InChI is InChI=1S/C15H26ClN7O4/c16-11-13(18)22-12(17)10(21-11)14(26)23-15(19)20-5-3-1-2-4-6-27-8-9(25)7-24/h9,24-25H,1-8H2,(H4,17,18,22)(H3,19,20,23,26)/t9-/m1/s1. The molecular formula is C15H26ClN7O4. The average molecular weight is 404 g/mol. The minimum atomic E-state index is -0.830. The van der Waals surface area contributed by atoms with Crippen molar-refractivity contribution >= 4 is 35.1 Å². The Bertz CT molecular complexity index is 645. The Kier molecular flexibility index (Phi) is 10.3. The first-order valence-electron chi connectivity index (χ1n) is 8.41. The van der Waals surface area contributed by atoms with Gasteiger partial charge in [-0.2, -0.15) is 0 Å². The molecule has 1 atom stereocenters. The number of amides is 1. The van der Waals surface area contributed by atoms with Crippen LogP contribution in [0.5, 0.6) is 0 Å². The van der Waals surface area contributed by atoms with Crippen molar-refractivity contribution < 1.29 is 19.7 Å². The maximum absolute atomic E-state index is 12.0.